The van der Waals surface area contributed by atoms with Crippen molar-refractivity contribution in [3.8, 4) is 5.75 Å². The number of hydrogen-bond acceptors (Lipinski definition) is 5. The summed E-state index contributed by atoms with van der Waals surface area (Å²) in [6, 6.07) is 21.5. The molecule has 1 aliphatic heterocycles. The summed E-state index contributed by atoms with van der Waals surface area (Å²) < 4.78 is 10.7. The largest absolute Gasteiger partial charge is 0.489 e. The molecule has 2 aliphatic rings. The Hall–Kier alpha value is -3.35. The normalized spacial score (nSPS) is 18.1. The molecule has 1 heterocycles. The molecule has 2 N–H and O–H groups in total. The van der Waals surface area contributed by atoms with Crippen LogP contribution in [0.2, 0.25) is 0 Å². The Labute approximate surface area is 217 Å². The Morgan fingerprint density at radius 2 is 1.81 bits per heavy atom. The van der Waals surface area contributed by atoms with Crippen molar-refractivity contribution < 1.29 is 19.1 Å². The van der Waals surface area contributed by atoms with Crippen molar-refractivity contribution in [2.75, 3.05) is 7.11 Å². The molecule has 0 aromatic heterocycles. The van der Waals surface area contributed by atoms with Gasteiger partial charge in [-0.3, -0.25) is 4.79 Å². The number of amides is 1. The van der Waals surface area contributed by atoms with Crippen LogP contribution < -0.4 is 15.4 Å². The average molecular weight is 507 g/mol. The molecule has 0 saturated heterocycles. The van der Waals surface area contributed by atoms with Crippen LogP contribution in [-0.4, -0.2) is 25.0 Å². The van der Waals surface area contributed by atoms with E-state index in [0.717, 1.165) is 36.1 Å². The highest BCUT2D eigenvalue weighted by Gasteiger charge is 2.28. The minimum atomic E-state index is -0.352. The van der Waals surface area contributed by atoms with Gasteiger partial charge < -0.3 is 20.1 Å². The zero-order chi connectivity index (χ0) is 24.2. The lowest BCUT2D eigenvalue weighted by molar-refractivity contribution is -0.124. The van der Waals surface area contributed by atoms with Gasteiger partial charge in [-0.25, -0.2) is 4.79 Å². The van der Waals surface area contributed by atoms with E-state index in [4.69, 9.17) is 9.47 Å². The second kappa shape index (κ2) is 11.6. The van der Waals surface area contributed by atoms with E-state index in [0.29, 0.717) is 25.1 Å². The van der Waals surface area contributed by atoms with Gasteiger partial charge in [0.2, 0.25) is 5.91 Å². The molecule has 7 heteroatoms. The van der Waals surface area contributed by atoms with Gasteiger partial charge in [-0.1, -0.05) is 42.5 Å². The van der Waals surface area contributed by atoms with E-state index in [2.05, 4.69) is 41.0 Å². The molecule has 0 unspecified atom stereocenters. The fourth-order valence-electron chi connectivity index (χ4n) is 4.96. The summed E-state index contributed by atoms with van der Waals surface area (Å²) in [6.45, 7) is 1.03. The molecule has 1 aliphatic carbocycles. The first-order valence-electron chi connectivity index (χ1n) is 12.1. The number of methoxy groups -OCH3 is 1. The molecule has 0 bridgehead atoms. The first-order chi connectivity index (χ1) is 17.1. The molecule has 6 nitrogen and oxygen atoms in total. The number of ether oxygens (including phenoxy) is 2. The smallest absolute Gasteiger partial charge is 0.337 e. The Morgan fingerprint density at radius 1 is 1.00 bits per heavy atom. The predicted octanol–water partition coefficient (Wildman–Crippen LogP) is 4.68. The number of benzene rings is 3. The minimum absolute atomic E-state index is 0. The van der Waals surface area contributed by atoms with Crippen molar-refractivity contribution in [1.29, 1.82) is 0 Å². The average Bonchev–Trinajstić information content (AvgIpc) is 2.91. The van der Waals surface area contributed by atoms with Crippen molar-refractivity contribution in [2.45, 2.75) is 50.9 Å². The molecular weight excluding hydrogens is 476 g/mol. The van der Waals surface area contributed by atoms with Crippen molar-refractivity contribution in [3.05, 3.63) is 100 Å². The number of esters is 1. The fraction of sp³-hybridized carbons (Fsp3) is 0.310. The Kier molecular flexibility index (Phi) is 8.28. The van der Waals surface area contributed by atoms with Crippen LogP contribution in [0.5, 0.6) is 5.75 Å². The van der Waals surface area contributed by atoms with Gasteiger partial charge in [-0.2, -0.15) is 0 Å². The molecule has 0 saturated carbocycles. The summed E-state index contributed by atoms with van der Waals surface area (Å²) in [4.78, 5) is 24.6. The highest BCUT2D eigenvalue weighted by atomic mass is 35.5. The second-order valence-corrected chi connectivity index (χ2v) is 9.20. The van der Waals surface area contributed by atoms with Gasteiger partial charge in [-0.05, 0) is 77.8 Å². The highest BCUT2D eigenvalue weighted by molar-refractivity contribution is 5.89. The lowest BCUT2D eigenvalue weighted by Crippen LogP contribution is -2.48. The van der Waals surface area contributed by atoms with Gasteiger partial charge in [0.05, 0.1) is 24.8 Å². The van der Waals surface area contributed by atoms with Crippen LogP contribution in [0.4, 0.5) is 0 Å². The number of nitrogens with one attached hydrogen (secondary N) is 2. The van der Waals surface area contributed by atoms with E-state index < -0.39 is 0 Å². The predicted molar refractivity (Wildman–Crippen MR) is 140 cm³/mol. The molecule has 36 heavy (non-hydrogen) atoms. The molecule has 2 atom stereocenters. The Balaban J connectivity index is 0.00000304. The third-order valence-electron chi connectivity index (χ3n) is 6.92. The number of halogens is 1. The maximum atomic E-state index is 13.1. The van der Waals surface area contributed by atoms with Crippen LogP contribution in [0, 0.1) is 0 Å². The van der Waals surface area contributed by atoms with Gasteiger partial charge in [0.25, 0.3) is 0 Å². The highest BCUT2D eigenvalue weighted by Crippen LogP contribution is 2.30. The maximum absolute atomic E-state index is 13.1. The molecule has 0 radical (unpaired) electrons. The number of rotatable bonds is 6. The van der Waals surface area contributed by atoms with Crippen LogP contribution >= 0.6 is 12.4 Å². The summed E-state index contributed by atoms with van der Waals surface area (Å²) >= 11 is 0. The molecule has 188 valence electrons. The number of aryl methyl sites for hydroxylation is 1. The maximum Gasteiger partial charge on any atom is 0.337 e. The minimum Gasteiger partial charge on any atom is -0.489 e. The summed E-state index contributed by atoms with van der Waals surface area (Å²) in [5.41, 5.74) is 6.40. The van der Waals surface area contributed by atoms with Crippen molar-refractivity contribution in [3.63, 3.8) is 0 Å². The van der Waals surface area contributed by atoms with Gasteiger partial charge in [-0.15, -0.1) is 12.4 Å². The summed E-state index contributed by atoms with van der Waals surface area (Å²) in [6.07, 6.45) is 3.82. The molecule has 3 aromatic rings. The first kappa shape index (κ1) is 25.7. The molecular formula is C29H31ClN2O4. The van der Waals surface area contributed by atoms with Crippen LogP contribution in [0.25, 0.3) is 0 Å². The third-order valence-corrected chi connectivity index (χ3v) is 6.92. The van der Waals surface area contributed by atoms with E-state index in [1.807, 2.05) is 24.3 Å². The monoisotopic (exact) mass is 506 g/mol. The summed E-state index contributed by atoms with van der Waals surface area (Å²) in [5.74, 6) is 0.493. The van der Waals surface area contributed by atoms with E-state index in [9.17, 15) is 9.59 Å². The lowest BCUT2D eigenvalue weighted by atomic mass is 9.87. The van der Waals surface area contributed by atoms with E-state index in [-0.39, 0.29) is 36.4 Å². The standard InChI is InChI=1S/C29H30N2O4.ClH/c1-34-29(33)21-11-9-19(10-12-21)18-35-24-14-13-22-16-27(30-17-23(22)15-24)28(32)31-26-8-4-6-20-5-2-3-7-25(20)26;/h2-3,5,7,9-15,26-27,30H,4,6,8,16-18H2,1H3,(H,31,32);1H/t26-,27+;/m1./s1. The summed E-state index contributed by atoms with van der Waals surface area (Å²) in [7, 11) is 1.37. The van der Waals surface area contributed by atoms with Crippen LogP contribution in [0.15, 0.2) is 66.7 Å². The Bertz CT molecular complexity index is 1230. The molecule has 5 rings (SSSR count). The van der Waals surface area contributed by atoms with E-state index >= 15 is 0 Å². The van der Waals surface area contributed by atoms with E-state index in [1.54, 1.807) is 12.1 Å². The first-order valence-corrected chi connectivity index (χ1v) is 12.1. The number of hydrogen-bond donors (Lipinski definition) is 2. The van der Waals surface area contributed by atoms with Gasteiger partial charge in [0.1, 0.15) is 12.4 Å². The van der Waals surface area contributed by atoms with Crippen molar-refractivity contribution in [1.82, 2.24) is 10.6 Å². The fourth-order valence-corrected chi connectivity index (χ4v) is 4.96. The third kappa shape index (κ3) is 5.72. The topological polar surface area (TPSA) is 76.7 Å². The van der Waals surface area contributed by atoms with Gasteiger partial charge in [0, 0.05) is 6.54 Å². The van der Waals surface area contributed by atoms with Crippen LogP contribution in [-0.2, 0) is 35.5 Å². The molecule has 0 spiro atoms. The molecule has 3 aromatic carbocycles. The van der Waals surface area contributed by atoms with Gasteiger partial charge >= 0.3 is 5.97 Å². The zero-order valence-corrected chi connectivity index (χ0v) is 21.1. The quantitative estimate of drug-likeness (QED) is 0.475. The molecule has 0 fully saturated rings. The lowest BCUT2D eigenvalue weighted by Gasteiger charge is -2.30. The SMILES string of the molecule is COC(=O)c1ccc(COc2ccc3c(c2)CN[C@H](C(=O)N[C@@H]2CCCc4ccccc42)C3)cc1.Cl. The number of carbonyl (C=O) groups excluding carboxylic acids is 2. The zero-order valence-electron chi connectivity index (χ0n) is 20.3. The van der Waals surface area contributed by atoms with E-state index in [1.165, 1.54) is 23.8 Å². The van der Waals surface area contributed by atoms with Crippen LogP contribution in [0.3, 0.4) is 0 Å². The second-order valence-electron chi connectivity index (χ2n) is 9.20. The van der Waals surface area contributed by atoms with Crippen molar-refractivity contribution in [2.24, 2.45) is 0 Å². The summed E-state index contributed by atoms with van der Waals surface area (Å²) in [5, 5.41) is 6.69. The number of fused-ring (bicyclic) bond motifs is 2. The van der Waals surface area contributed by atoms with Crippen LogP contribution in [0.1, 0.15) is 57.1 Å². The molecule has 1 amide bonds. The van der Waals surface area contributed by atoms with Crippen molar-refractivity contribution >= 4 is 24.3 Å². The Morgan fingerprint density at radius 3 is 2.61 bits per heavy atom. The van der Waals surface area contributed by atoms with Gasteiger partial charge in [0.15, 0.2) is 0 Å². The number of carbonyl (C=O) groups is 2.